The molecule has 110 valence electrons. The Kier molecular flexibility index (Phi) is 7.06. The maximum atomic E-state index is 9.10. The first-order chi connectivity index (χ1) is 9.62. The first-order valence-corrected chi connectivity index (χ1v) is 7.07. The van der Waals surface area contributed by atoms with Gasteiger partial charge in [-0.15, -0.1) is 0 Å². The number of hydrogen-bond acceptors (Lipinski definition) is 4. The lowest BCUT2D eigenvalue weighted by atomic mass is 10.0. The summed E-state index contributed by atoms with van der Waals surface area (Å²) in [5.74, 6) is 0.927. The zero-order valence-corrected chi connectivity index (χ0v) is 12.9. The molecule has 1 N–H and O–H groups in total. The normalized spacial score (nSPS) is 13.8. The first-order valence-electron chi connectivity index (χ1n) is 7.07. The minimum atomic E-state index is -0.120. The Morgan fingerprint density at radius 1 is 1.40 bits per heavy atom. The highest BCUT2D eigenvalue weighted by atomic mass is 16.5. The fourth-order valence-corrected chi connectivity index (χ4v) is 2.21. The third kappa shape index (κ3) is 4.84. The van der Waals surface area contributed by atoms with Gasteiger partial charge >= 0.3 is 0 Å². The van der Waals surface area contributed by atoms with Gasteiger partial charge in [-0.3, -0.25) is 0 Å². The largest absolute Gasteiger partial charge is 0.496 e. The Morgan fingerprint density at radius 3 is 2.70 bits per heavy atom. The zero-order chi connectivity index (χ0) is 15.0. The summed E-state index contributed by atoms with van der Waals surface area (Å²) in [6, 6.07) is 10.6. The highest BCUT2D eigenvalue weighted by Crippen LogP contribution is 2.20. The predicted octanol–water partition coefficient (Wildman–Crippen LogP) is 2.06. The van der Waals surface area contributed by atoms with E-state index in [1.54, 1.807) is 7.11 Å². The van der Waals surface area contributed by atoms with Crippen molar-refractivity contribution in [1.82, 2.24) is 10.2 Å². The minimum absolute atomic E-state index is 0.120. The van der Waals surface area contributed by atoms with Gasteiger partial charge in [0.1, 0.15) is 11.8 Å². The van der Waals surface area contributed by atoms with Crippen molar-refractivity contribution in [2.45, 2.75) is 32.4 Å². The molecule has 0 saturated carbocycles. The molecule has 0 saturated heterocycles. The molecule has 0 aliphatic carbocycles. The van der Waals surface area contributed by atoms with Crippen LogP contribution in [0.1, 0.15) is 19.4 Å². The van der Waals surface area contributed by atoms with Crippen LogP contribution in [0, 0.1) is 11.3 Å². The van der Waals surface area contributed by atoms with Crippen LogP contribution in [0.15, 0.2) is 24.3 Å². The molecule has 2 unspecified atom stereocenters. The molecular formula is C16H25N3O. The second-order valence-electron chi connectivity index (χ2n) is 5.04. The summed E-state index contributed by atoms with van der Waals surface area (Å²) in [6.07, 6.45) is 0.908. The van der Waals surface area contributed by atoms with E-state index in [0.29, 0.717) is 6.04 Å². The van der Waals surface area contributed by atoms with Crippen molar-refractivity contribution in [3.05, 3.63) is 29.8 Å². The van der Waals surface area contributed by atoms with Crippen molar-refractivity contribution in [3.8, 4) is 11.8 Å². The lowest BCUT2D eigenvalue weighted by Gasteiger charge is -2.27. The van der Waals surface area contributed by atoms with E-state index in [2.05, 4.69) is 36.3 Å². The monoisotopic (exact) mass is 275 g/mol. The SMILES string of the molecule is CCNC(C#N)CN(C)C(C)Cc1ccccc1OC. The van der Waals surface area contributed by atoms with Gasteiger partial charge in [0.15, 0.2) is 0 Å². The number of ether oxygens (including phenoxy) is 1. The fraction of sp³-hybridized carbons (Fsp3) is 0.562. The standard InChI is InChI=1S/C16H25N3O/c1-5-18-15(11-17)12-19(3)13(2)10-14-8-6-7-9-16(14)20-4/h6-9,13,15,18H,5,10,12H2,1-4H3. The van der Waals surface area contributed by atoms with Crippen molar-refractivity contribution >= 4 is 0 Å². The lowest BCUT2D eigenvalue weighted by Crippen LogP contribution is -2.42. The number of likely N-dealkylation sites (N-methyl/N-ethyl adjacent to an activating group) is 2. The van der Waals surface area contributed by atoms with Crippen LogP contribution in [0.2, 0.25) is 0 Å². The maximum Gasteiger partial charge on any atom is 0.122 e. The molecular weight excluding hydrogens is 250 g/mol. The first kappa shape index (κ1) is 16.5. The number of nitrogens with one attached hydrogen (secondary N) is 1. The highest BCUT2D eigenvalue weighted by Gasteiger charge is 2.16. The van der Waals surface area contributed by atoms with E-state index in [4.69, 9.17) is 10.00 Å². The second kappa shape index (κ2) is 8.57. The van der Waals surface area contributed by atoms with Crippen molar-refractivity contribution in [2.75, 3.05) is 27.2 Å². The molecule has 0 heterocycles. The number of benzene rings is 1. The Balaban J connectivity index is 2.61. The smallest absolute Gasteiger partial charge is 0.122 e. The molecule has 4 heteroatoms. The minimum Gasteiger partial charge on any atom is -0.496 e. The number of methoxy groups -OCH3 is 1. The molecule has 0 aromatic heterocycles. The van der Waals surface area contributed by atoms with E-state index in [0.717, 1.165) is 25.3 Å². The van der Waals surface area contributed by atoms with Crippen LogP contribution in [0.3, 0.4) is 0 Å². The summed E-state index contributed by atoms with van der Waals surface area (Å²) < 4.78 is 5.38. The molecule has 1 aromatic rings. The second-order valence-corrected chi connectivity index (χ2v) is 5.04. The van der Waals surface area contributed by atoms with Gasteiger partial charge in [0.2, 0.25) is 0 Å². The molecule has 1 aromatic carbocycles. The van der Waals surface area contributed by atoms with Gasteiger partial charge < -0.3 is 15.0 Å². The summed E-state index contributed by atoms with van der Waals surface area (Å²) in [6.45, 7) is 5.73. The Hall–Kier alpha value is -1.57. The number of nitriles is 1. The van der Waals surface area contributed by atoms with E-state index in [1.807, 2.05) is 25.1 Å². The average molecular weight is 275 g/mol. The van der Waals surface area contributed by atoms with Crippen molar-refractivity contribution < 1.29 is 4.74 Å². The van der Waals surface area contributed by atoms with Crippen LogP contribution >= 0.6 is 0 Å². The van der Waals surface area contributed by atoms with Crippen LogP contribution in [0.5, 0.6) is 5.75 Å². The fourth-order valence-electron chi connectivity index (χ4n) is 2.21. The quantitative estimate of drug-likeness (QED) is 0.789. The van der Waals surface area contributed by atoms with Gasteiger partial charge in [0.05, 0.1) is 13.2 Å². The number of hydrogen-bond donors (Lipinski definition) is 1. The summed E-state index contributed by atoms with van der Waals surface area (Å²) in [4.78, 5) is 2.21. The van der Waals surface area contributed by atoms with Gasteiger partial charge in [0, 0.05) is 12.6 Å². The molecule has 0 radical (unpaired) electrons. The van der Waals surface area contributed by atoms with E-state index in [-0.39, 0.29) is 6.04 Å². The molecule has 0 aliphatic rings. The average Bonchev–Trinajstić information content (AvgIpc) is 2.47. The predicted molar refractivity (Wildman–Crippen MR) is 81.9 cm³/mol. The van der Waals surface area contributed by atoms with Crippen molar-refractivity contribution in [3.63, 3.8) is 0 Å². The molecule has 0 aliphatic heterocycles. The van der Waals surface area contributed by atoms with Crippen molar-refractivity contribution in [2.24, 2.45) is 0 Å². The van der Waals surface area contributed by atoms with Gasteiger partial charge in [-0.05, 0) is 38.6 Å². The molecule has 0 fully saturated rings. The van der Waals surface area contributed by atoms with Gasteiger partial charge in [0.25, 0.3) is 0 Å². The number of rotatable bonds is 8. The Bertz CT molecular complexity index is 442. The van der Waals surface area contributed by atoms with E-state index < -0.39 is 0 Å². The van der Waals surface area contributed by atoms with E-state index >= 15 is 0 Å². The van der Waals surface area contributed by atoms with Crippen LogP contribution in [-0.4, -0.2) is 44.2 Å². The Morgan fingerprint density at radius 2 is 2.10 bits per heavy atom. The van der Waals surface area contributed by atoms with Gasteiger partial charge in [-0.2, -0.15) is 5.26 Å². The molecule has 0 bridgehead atoms. The van der Waals surface area contributed by atoms with E-state index in [9.17, 15) is 0 Å². The highest BCUT2D eigenvalue weighted by molar-refractivity contribution is 5.33. The van der Waals surface area contributed by atoms with Crippen LogP contribution < -0.4 is 10.1 Å². The van der Waals surface area contributed by atoms with Crippen LogP contribution in [0.25, 0.3) is 0 Å². The lowest BCUT2D eigenvalue weighted by molar-refractivity contribution is 0.241. The number of nitrogens with zero attached hydrogens (tertiary/aromatic N) is 2. The van der Waals surface area contributed by atoms with Gasteiger partial charge in [-0.25, -0.2) is 0 Å². The summed E-state index contributed by atoms with van der Waals surface area (Å²) >= 11 is 0. The summed E-state index contributed by atoms with van der Waals surface area (Å²) in [7, 11) is 3.76. The molecule has 1 rings (SSSR count). The Labute approximate surface area is 122 Å². The van der Waals surface area contributed by atoms with Crippen LogP contribution in [0.4, 0.5) is 0 Å². The summed E-state index contributed by atoms with van der Waals surface area (Å²) in [5, 5.41) is 12.3. The van der Waals surface area contributed by atoms with Gasteiger partial charge in [-0.1, -0.05) is 25.1 Å². The topological polar surface area (TPSA) is 48.3 Å². The molecule has 0 amide bonds. The third-order valence-electron chi connectivity index (χ3n) is 3.54. The molecule has 4 nitrogen and oxygen atoms in total. The maximum absolute atomic E-state index is 9.10. The third-order valence-corrected chi connectivity index (χ3v) is 3.54. The molecule has 0 spiro atoms. The van der Waals surface area contributed by atoms with Crippen molar-refractivity contribution in [1.29, 1.82) is 5.26 Å². The summed E-state index contributed by atoms with van der Waals surface area (Å²) in [5.41, 5.74) is 1.20. The van der Waals surface area contributed by atoms with E-state index in [1.165, 1.54) is 5.56 Å². The van der Waals surface area contributed by atoms with Crippen LogP contribution in [-0.2, 0) is 6.42 Å². The molecule has 2 atom stereocenters. The zero-order valence-electron chi connectivity index (χ0n) is 12.9. The molecule has 20 heavy (non-hydrogen) atoms. The number of para-hydroxylation sites is 1.